The van der Waals surface area contributed by atoms with Gasteiger partial charge in [0.1, 0.15) is 11.6 Å². The lowest BCUT2D eigenvalue weighted by atomic mass is 9.74. The maximum Gasteiger partial charge on any atom is 0.224 e. The molecule has 2 unspecified atom stereocenters. The minimum atomic E-state index is -0.419. The van der Waals surface area contributed by atoms with Crippen molar-refractivity contribution in [1.29, 1.82) is 0 Å². The molecule has 2 atom stereocenters. The molecular weight excluding hydrogens is 378 g/mol. The standard InChI is InChI=1S/C18H25FN4O.2ClH/c1-18(20)9-4-3-5-13(18)17(24)21-10-8-16-22-14-11-12(19)6-7-15(14)23(16)2;;/h6-7,11,13H,3-5,8-10,20H2,1-2H3,(H,21,24);2*1H. The molecular formula is C18H27Cl2FN4O. The number of carbonyl (C=O) groups is 1. The van der Waals surface area contributed by atoms with Gasteiger partial charge in [0.15, 0.2) is 0 Å². The predicted molar refractivity (Wildman–Crippen MR) is 106 cm³/mol. The van der Waals surface area contributed by atoms with Crippen LogP contribution in [0.25, 0.3) is 11.0 Å². The molecule has 2 aromatic rings. The van der Waals surface area contributed by atoms with Crippen molar-refractivity contribution in [3.8, 4) is 0 Å². The molecule has 0 radical (unpaired) electrons. The average Bonchev–Trinajstić information content (AvgIpc) is 2.82. The zero-order valence-electron chi connectivity index (χ0n) is 15.1. The van der Waals surface area contributed by atoms with E-state index in [-0.39, 0.29) is 42.5 Å². The molecule has 1 saturated carbocycles. The van der Waals surface area contributed by atoms with Gasteiger partial charge in [-0.25, -0.2) is 9.37 Å². The first-order valence-electron chi connectivity index (χ1n) is 8.56. The average molecular weight is 405 g/mol. The lowest BCUT2D eigenvalue weighted by Crippen LogP contribution is -2.53. The summed E-state index contributed by atoms with van der Waals surface area (Å²) in [5.41, 5.74) is 7.39. The van der Waals surface area contributed by atoms with Gasteiger partial charge in [0, 0.05) is 31.6 Å². The summed E-state index contributed by atoms with van der Waals surface area (Å²) in [6.45, 7) is 2.47. The zero-order valence-corrected chi connectivity index (χ0v) is 16.8. The maximum atomic E-state index is 13.3. The highest BCUT2D eigenvalue weighted by Crippen LogP contribution is 2.31. The van der Waals surface area contributed by atoms with E-state index in [1.165, 1.54) is 12.1 Å². The summed E-state index contributed by atoms with van der Waals surface area (Å²) in [5, 5.41) is 2.99. The van der Waals surface area contributed by atoms with Crippen LogP contribution in [0.4, 0.5) is 4.39 Å². The van der Waals surface area contributed by atoms with Gasteiger partial charge in [-0.3, -0.25) is 4.79 Å². The van der Waals surface area contributed by atoms with Crippen LogP contribution in [0.3, 0.4) is 0 Å². The lowest BCUT2D eigenvalue weighted by Gasteiger charge is -2.37. The molecule has 0 spiro atoms. The minimum Gasteiger partial charge on any atom is -0.355 e. The number of carbonyl (C=O) groups excluding carboxylic acids is 1. The zero-order chi connectivity index (χ0) is 17.3. The molecule has 3 N–H and O–H groups in total. The van der Waals surface area contributed by atoms with Crippen molar-refractivity contribution in [3.05, 3.63) is 29.8 Å². The summed E-state index contributed by atoms with van der Waals surface area (Å²) in [5.74, 6) is 0.445. The molecule has 8 heteroatoms. The number of hydrogen-bond acceptors (Lipinski definition) is 3. The quantitative estimate of drug-likeness (QED) is 0.821. The highest BCUT2D eigenvalue weighted by molar-refractivity contribution is 5.85. The van der Waals surface area contributed by atoms with Gasteiger partial charge in [-0.15, -0.1) is 24.8 Å². The first kappa shape index (κ1) is 22.7. The van der Waals surface area contributed by atoms with E-state index >= 15 is 0 Å². The molecule has 3 rings (SSSR count). The van der Waals surface area contributed by atoms with Crippen molar-refractivity contribution in [2.75, 3.05) is 6.54 Å². The fourth-order valence-electron chi connectivity index (χ4n) is 3.66. The van der Waals surface area contributed by atoms with E-state index in [2.05, 4.69) is 10.3 Å². The molecule has 26 heavy (non-hydrogen) atoms. The number of benzene rings is 1. The number of imidazole rings is 1. The Morgan fingerprint density at radius 3 is 2.85 bits per heavy atom. The van der Waals surface area contributed by atoms with Crippen molar-refractivity contribution >= 4 is 41.8 Å². The fourth-order valence-corrected chi connectivity index (χ4v) is 3.66. The van der Waals surface area contributed by atoms with Crippen LogP contribution in [-0.4, -0.2) is 27.5 Å². The number of nitrogens with two attached hydrogens (primary N) is 1. The molecule has 0 aliphatic heterocycles. The topological polar surface area (TPSA) is 72.9 Å². The van der Waals surface area contributed by atoms with Crippen LogP contribution in [0, 0.1) is 11.7 Å². The van der Waals surface area contributed by atoms with Gasteiger partial charge in [-0.05, 0) is 31.9 Å². The van der Waals surface area contributed by atoms with E-state index in [1.54, 1.807) is 6.07 Å². The minimum absolute atomic E-state index is 0. The molecule has 1 fully saturated rings. The normalized spacial score (nSPS) is 22.4. The number of aryl methyl sites for hydroxylation is 1. The summed E-state index contributed by atoms with van der Waals surface area (Å²) < 4.78 is 15.2. The summed E-state index contributed by atoms with van der Waals surface area (Å²) in [7, 11) is 1.91. The van der Waals surface area contributed by atoms with Gasteiger partial charge in [0.2, 0.25) is 5.91 Å². The van der Waals surface area contributed by atoms with Crippen molar-refractivity contribution in [2.45, 2.75) is 44.6 Å². The number of halogens is 3. The molecule has 146 valence electrons. The van der Waals surface area contributed by atoms with Gasteiger partial charge in [-0.2, -0.15) is 0 Å². The van der Waals surface area contributed by atoms with Crippen LogP contribution in [0.5, 0.6) is 0 Å². The van der Waals surface area contributed by atoms with Gasteiger partial charge in [0.25, 0.3) is 0 Å². The Bertz CT molecular complexity index is 763. The van der Waals surface area contributed by atoms with Crippen molar-refractivity contribution in [2.24, 2.45) is 18.7 Å². The first-order valence-corrected chi connectivity index (χ1v) is 8.56. The first-order chi connectivity index (χ1) is 11.4. The lowest BCUT2D eigenvalue weighted by molar-refractivity contribution is -0.128. The number of nitrogens with zero attached hydrogens (tertiary/aromatic N) is 2. The summed E-state index contributed by atoms with van der Waals surface area (Å²) >= 11 is 0. The Morgan fingerprint density at radius 1 is 1.42 bits per heavy atom. The van der Waals surface area contributed by atoms with Crippen LogP contribution in [0.2, 0.25) is 0 Å². The Hall–Kier alpha value is -1.37. The number of fused-ring (bicyclic) bond motifs is 1. The molecule has 1 heterocycles. The maximum absolute atomic E-state index is 13.3. The van der Waals surface area contributed by atoms with Crippen LogP contribution < -0.4 is 11.1 Å². The monoisotopic (exact) mass is 404 g/mol. The summed E-state index contributed by atoms with van der Waals surface area (Å²) in [6, 6.07) is 4.58. The summed E-state index contributed by atoms with van der Waals surface area (Å²) in [4.78, 5) is 16.9. The number of hydrogen-bond donors (Lipinski definition) is 2. The van der Waals surface area contributed by atoms with Crippen molar-refractivity contribution < 1.29 is 9.18 Å². The predicted octanol–water partition coefficient (Wildman–Crippen LogP) is 3.12. The summed E-state index contributed by atoms with van der Waals surface area (Å²) in [6.07, 6.45) is 4.49. The van der Waals surface area contributed by atoms with Gasteiger partial charge < -0.3 is 15.6 Å². The van der Waals surface area contributed by atoms with Gasteiger partial charge in [-0.1, -0.05) is 12.8 Å². The third-order valence-corrected chi connectivity index (χ3v) is 5.15. The van der Waals surface area contributed by atoms with Crippen molar-refractivity contribution in [3.63, 3.8) is 0 Å². The molecule has 0 bridgehead atoms. The van der Waals surface area contributed by atoms with E-state index in [9.17, 15) is 9.18 Å². The third kappa shape index (κ3) is 4.67. The van der Waals surface area contributed by atoms with Crippen LogP contribution in [-0.2, 0) is 18.3 Å². The van der Waals surface area contributed by atoms with Crippen molar-refractivity contribution in [1.82, 2.24) is 14.9 Å². The van der Waals surface area contributed by atoms with Crippen LogP contribution in [0.15, 0.2) is 18.2 Å². The smallest absolute Gasteiger partial charge is 0.224 e. The van der Waals surface area contributed by atoms with E-state index < -0.39 is 5.54 Å². The Labute approximate surface area is 165 Å². The van der Waals surface area contributed by atoms with E-state index in [0.29, 0.717) is 18.5 Å². The molecule has 1 aliphatic carbocycles. The van der Waals surface area contributed by atoms with E-state index in [4.69, 9.17) is 5.73 Å². The van der Waals surface area contributed by atoms with E-state index in [1.807, 2.05) is 18.5 Å². The SMILES string of the molecule is Cl.Cl.Cn1c(CCNC(=O)C2CCCCC2(C)N)nc2cc(F)ccc21. The molecule has 5 nitrogen and oxygen atoms in total. The molecule has 1 amide bonds. The van der Waals surface area contributed by atoms with Gasteiger partial charge >= 0.3 is 0 Å². The number of rotatable bonds is 4. The number of aromatic nitrogens is 2. The number of amides is 1. The largest absolute Gasteiger partial charge is 0.355 e. The second kappa shape index (κ2) is 9.02. The van der Waals surface area contributed by atoms with Crippen LogP contribution >= 0.6 is 24.8 Å². The Morgan fingerprint density at radius 2 is 2.15 bits per heavy atom. The molecule has 1 aliphatic rings. The Balaban J connectivity index is 0.00000169. The second-order valence-electron chi connectivity index (χ2n) is 7.07. The molecule has 1 aromatic heterocycles. The highest BCUT2D eigenvalue weighted by Gasteiger charge is 2.37. The number of nitrogens with one attached hydrogen (secondary N) is 1. The molecule has 0 saturated heterocycles. The second-order valence-corrected chi connectivity index (χ2v) is 7.07. The highest BCUT2D eigenvalue weighted by atomic mass is 35.5. The van der Waals surface area contributed by atoms with Gasteiger partial charge in [0.05, 0.1) is 17.0 Å². The Kier molecular flexibility index (Phi) is 7.86. The molecule has 1 aromatic carbocycles. The van der Waals surface area contributed by atoms with Crippen LogP contribution in [0.1, 0.15) is 38.4 Å². The fraction of sp³-hybridized carbons (Fsp3) is 0.556. The van der Waals surface area contributed by atoms with E-state index in [0.717, 1.165) is 37.0 Å². The third-order valence-electron chi connectivity index (χ3n) is 5.15.